The van der Waals surface area contributed by atoms with E-state index in [-0.39, 0.29) is 18.1 Å². The Labute approximate surface area is 106 Å². The fourth-order valence-electron chi connectivity index (χ4n) is 1.92. The minimum absolute atomic E-state index is 0.0614. The highest BCUT2D eigenvalue weighted by molar-refractivity contribution is 5.76. The van der Waals surface area contributed by atoms with E-state index in [4.69, 9.17) is 4.74 Å². The predicted octanol–water partition coefficient (Wildman–Crippen LogP) is 0.321. The van der Waals surface area contributed by atoms with Crippen molar-refractivity contribution in [3.05, 3.63) is 18.1 Å². The molecule has 2 atom stereocenters. The Morgan fingerprint density at radius 2 is 2.39 bits per heavy atom. The van der Waals surface area contributed by atoms with Gasteiger partial charge in [-0.3, -0.25) is 4.79 Å². The van der Waals surface area contributed by atoms with Crippen molar-refractivity contribution in [2.75, 3.05) is 13.7 Å². The van der Waals surface area contributed by atoms with Crippen molar-refractivity contribution in [2.24, 2.45) is 0 Å². The molecular weight excluding hydrogens is 234 g/mol. The van der Waals surface area contributed by atoms with Gasteiger partial charge in [0.25, 0.3) is 0 Å². The van der Waals surface area contributed by atoms with Gasteiger partial charge in [-0.15, -0.1) is 0 Å². The number of carbonyl (C=O) groups excluding carboxylic acids is 1. The Morgan fingerprint density at radius 3 is 3.11 bits per heavy atom. The average molecular weight is 251 g/mol. The minimum Gasteiger partial charge on any atom is -0.473 e. The Bertz CT molecular complexity index is 425. The Hall–Kier alpha value is -1.69. The molecule has 0 radical (unpaired) electrons. The number of ether oxygens (including phenoxy) is 2. The zero-order valence-corrected chi connectivity index (χ0v) is 10.5. The molecule has 2 heterocycles. The third-order valence-corrected chi connectivity index (χ3v) is 2.92. The molecule has 0 aromatic carbocycles. The number of aryl methyl sites for hydroxylation is 1. The van der Waals surface area contributed by atoms with Crippen molar-refractivity contribution < 1.29 is 14.3 Å². The largest absolute Gasteiger partial charge is 0.473 e. The minimum atomic E-state index is -0.285. The molecule has 0 bridgehead atoms. The van der Waals surface area contributed by atoms with Crippen LogP contribution in [-0.4, -0.2) is 41.7 Å². The highest BCUT2D eigenvalue weighted by atomic mass is 16.5. The van der Waals surface area contributed by atoms with E-state index in [1.165, 1.54) is 13.4 Å². The predicted molar refractivity (Wildman–Crippen MR) is 64.2 cm³/mol. The number of hydrogen-bond acceptors (Lipinski definition) is 6. The van der Waals surface area contributed by atoms with Crippen LogP contribution in [0.3, 0.4) is 0 Å². The maximum Gasteiger partial charge on any atom is 0.323 e. The monoisotopic (exact) mass is 251 g/mol. The summed E-state index contributed by atoms with van der Waals surface area (Å²) in [5.74, 6) is 0.303. The first-order valence-corrected chi connectivity index (χ1v) is 6.01. The molecule has 0 aliphatic carbocycles. The van der Waals surface area contributed by atoms with Crippen LogP contribution in [0.25, 0.3) is 0 Å². The molecule has 1 aliphatic rings. The second kappa shape index (κ2) is 5.77. The first-order chi connectivity index (χ1) is 8.72. The van der Waals surface area contributed by atoms with Crippen LogP contribution in [0, 0.1) is 0 Å². The van der Waals surface area contributed by atoms with E-state index >= 15 is 0 Å². The summed E-state index contributed by atoms with van der Waals surface area (Å²) in [5.41, 5.74) is 0.940. The molecule has 98 valence electrons. The van der Waals surface area contributed by atoms with E-state index in [0.717, 1.165) is 12.1 Å². The number of methoxy groups -OCH3 is 1. The molecule has 0 unspecified atom stereocenters. The Morgan fingerprint density at radius 1 is 1.56 bits per heavy atom. The van der Waals surface area contributed by atoms with E-state index in [1.54, 1.807) is 0 Å². The van der Waals surface area contributed by atoms with Gasteiger partial charge >= 0.3 is 5.97 Å². The van der Waals surface area contributed by atoms with E-state index in [0.29, 0.717) is 18.8 Å². The van der Waals surface area contributed by atoms with Gasteiger partial charge in [-0.1, -0.05) is 6.92 Å². The molecule has 1 N–H and O–H groups in total. The van der Waals surface area contributed by atoms with Gasteiger partial charge in [0.05, 0.1) is 7.11 Å². The first kappa shape index (κ1) is 12.8. The van der Waals surface area contributed by atoms with Crippen molar-refractivity contribution in [3.63, 3.8) is 0 Å². The molecule has 1 aromatic rings. The number of nitrogens with one attached hydrogen (secondary N) is 1. The lowest BCUT2D eigenvalue weighted by atomic mass is 10.2. The van der Waals surface area contributed by atoms with Crippen LogP contribution in [-0.2, 0) is 16.0 Å². The lowest BCUT2D eigenvalue weighted by Gasteiger charge is -2.12. The lowest BCUT2D eigenvalue weighted by molar-refractivity contribution is -0.142. The second-order valence-corrected chi connectivity index (χ2v) is 4.16. The molecule has 1 fully saturated rings. The highest BCUT2D eigenvalue weighted by Gasteiger charge is 2.31. The normalized spacial score (nSPS) is 22.8. The van der Waals surface area contributed by atoms with Crippen molar-refractivity contribution >= 4 is 5.97 Å². The average Bonchev–Trinajstić information content (AvgIpc) is 2.86. The number of rotatable bonds is 4. The number of carbonyl (C=O) groups is 1. The van der Waals surface area contributed by atoms with E-state index in [9.17, 15) is 4.79 Å². The number of aromatic nitrogens is 2. The Balaban J connectivity index is 1.92. The standard InChI is InChI=1S/C12H17N3O3/c1-3-8-4-11(15-7-14-8)18-9-5-10(13-6-9)12(16)17-2/h4,7,9-10,13H,3,5-6H2,1-2H3/t9-,10-/m0/s1. The molecule has 6 nitrogen and oxygen atoms in total. The molecule has 1 saturated heterocycles. The number of nitrogens with zero attached hydrogens (tertiary/aromatic N) is 2. The van der Waals surface area contributed by atoms with Crippen molar-refractivity contribution in [2.45, 2.75) is 31.9 Å². The molecule has 0 saturated carbocycles. The summed E-state index contributed by atoms with van der Waals surface area (Å²) in [5, 5.41) is 3.06. The lowest BCUT2D eigenvalue weighted by Crippen LogP contribution is -2.31. The molecule has 1 aromatic heterocycles. The summed E-state index contributed by atoms with van der Waals surface area (Å²) in [6.45, 7) is 2.64. The second-order valence-electron chi connectivity index (χ2n) is 4.16. The molecule has 6 heteroatoms. The molecule has 18 heavy (non-hydrogen) atoms. The van der Waals surface area contributed by atoms with E-state index in [2.05, 4.69) is 20.0 Å². The summed E-state index contributed by atoms with van der Waals surface area (Å²) in [4.78, 5) is 19.5. The van der Waals surface area contributed by atoms with Gasteiger partial charge < -0.3 is 14.8 Å². The van der Waals surface area contributed by atoms with Gasteiger partial charge in [0, 0.05) is 24.7 Å². The topological polar surface area (TPSA) is 73.3 Å². The highest BCUT2D eigenvalue weighted by Crippen LogP contribution is 2.16. The molecule has 0 amide bonds. The zero-order valence-electron chi connectivity index (χ0n) is 10.5. The summed E-state index contributed by atoms with van der Waals surface area (Å²) in [7, 11) is 1.39. The molecule has 1 aliphatic heterocycles. The fourth-order valence-corrected chi connectivity index (χ4v) is 1.92. The van der Waals surface area contributed by atoms with Crippen LogP contribution < -0.4 is 10.1 Å². The third-order valence-electron chi connectivity index (χ3n) is 2.92. The smallest absolute Gasteiger partial charge is 0.323 e. The SMILES string of the molecule is CCc1cc(O[C@@H]2CN[C@H](C(=O)OC)C2)ncn1. The first-order valence-electron chi connectivity index (χ1n) is 6.01. The van der Waals surface area contributed by atoms with Crippen LogP contribution >= 0.6 is 0 Å². The van der Waals surface area contributed by atoms with E-state index < -0.39 is 0 Å². The van der Waals surface area contributed by atoms with E-state index in [1.807, 2.05) is 13.0 Å². The fraction of sp³-hybridized carbons (Fsp3) is 0.583. The van der Waals surface area contributed by atoms with Gasteiger partial charge in [0.2, 0.25) is 5.88 Å². The van der Waals surface area contributed by atoms with Gasteiger partial charge in [0.1, 0.15) is 18.5 Å². The van der Waals surface area contributed by atoms with Crippen molar-refractivity contribution in [1.29, 1.82) is 0 Å². The zero-order chi connectivity index (χ0) is 13.0. The molecular formula is C12H17N3O3. The quantitative estimate of drug-likeness (QED) is 0.777. The van der Waals surface area contributed by atoms with Crippen molar-refractivity contribution in [1.82, 2.24) is 15.3 Å². The van der Waals surface area contributed by atoms with Gasteiger partial charge in [-0.05, 0) is 6.42 Å². The maximum atomic E-state index is 11.3. The van der Waals surface area contributed by atoms with Crippen LogP contribution in [0.4, 0.5) is 0 Å². The number of esters is 1. The summed E-state index contributed by atoms with van der Waals surface area (Å²) >= 11 is 0. The van der Waals surface area contributed by atoms with Crippen LogP contribution in [0.2, 0.25) is 0 Å². The van der Waals surface area contributed by atoms with Crippen LogP contribution in [0.15, 0.2) is 12.4 Å². The van der Waals surface area contributed by atoms with Crippen molar-refractivity contribution in [3.8, 4) is 5.88 Å². The Kier molecular flexibility index (Phi) is 4.09. The maximum absolute atomic E-state index is 11.3. The molecule has 0 spiro atoms. The number of hydrogen-bond donors (Lipinski definition) is 1. The van der Waals surface area contributed by atoms with Crippen LogP contribution in [0.1, 0.15) is 19.0 Å². The third kappa shape index (κ3) is 2.95. The molecule has 2 rings (SSSR count). The summed E-state index contributed by atoms with van der Waals surface area (Å²) in [6, 6.07) is 1.54. The summed E-state index contributed by atoms with van der Waals surface area (Å²) in [6.07, 6.45) is 2.87. The van der Waals surface area contributed by atoms with Gasteiger partial charge in [-0.2, -0.15) is 0 Å². The van der Waals surface area contributed by atoms with Gasteiger partial charge in [-0.25, -0.2) is 9.97 Å². The van der Waals surface area contributed by atoms with Gasteiger partial charge in [0.15, 0.2) is 0 Å². The van der Waals surface area contributed by atoms with Crippen LogP contribution in [0.5, 0.6) is 5.88 Å². The summed E-state index contributed by atoms with van der Waals surface area (Å²) < 4.78 is 10.4.